The third kappa shape index (κ3) is 5.75. The number of carbonyl (C=O) groups excluding carboxylic acids is 1. The van der Waals surface area contributed by atoms with E-state index in [2.05, 4.69) is 22.5 Å². The number of amides is 1. The highest BCUT2D eigenvalue weighted by Crippen LogP contribution is 2.28. The van der Waals surface area contributed by atoms with Crippen molar-refractivity contribution in [3.63, 3.8) is 0 Å². The van der Waals surface area contributed by atoms with Crippen LogP contribution in [0.5, 0.6) is 11.5 Å². The third-order valence-corrected chi connectivity index (χ3v) is 5.06. The van der Waals surface area contributed by atoms with Gasteiger partial charge in [0.15, 0.2) is 11.5 Å². The van der Waals surface area contributed by atoms with E-state index < -0.39 is 0 Å². The molecule has 0 bridgehead atoms. The highest BCUT2D eigenvalue weighted by molar-refractivity contribution is 5.91. The molecule has 1 heterocycles. The molecule has 3 aromatic rings. The van der Waals surface area contributed by atoms with Gasteiger partial charge in [0, 0.05) is 23.9 Å². The molecule has 0 aliphatic rings. The van der Waals surface area contributed by atoms with Crippen LogP contribution in [0.15, 0.2) is 54.6 Å². The van der Waals surface area contributed by atoms with Gasteiger partial charge in [-0.2, -0.15) is 5.10 Å². The van der Waals surface area contributed by atoms with Crippen molar-refractivity contribution >= 4 is 12.0 Å². The number of rotatable bonds is 9. The fourth-order valence-electron chi connectivity index (χ4n) is 3.37. The first-order valence-corrected chi connectivity index (χ1v) is 10.3. The second-order valence-electron chi connectivity index (χ2n) is 7.19. The van der Waals surface area contributed by atoms with Crippen molar-refractivity contribution in [3.8, 4) is 11.5 Å². The number of hydrogen-bond donors (Lipinski definition) is 1. The van der Waals surface area contributed by atoms with Gasteiger partial charge in [-0.25, -0.2) is 0 Å². The molecule has 6 nitrogen and oxygen atoms in total. The minimum absolute atomic E-state index is 0.164. The van der Waals surface area contributed by atoms with E-state index in [1.54, 1.807) is 13.2 Å². The Morgan fingerprint density at radius 1 is 1.13 bits per heavy atom. The lowest BCUT2D eigenvalue weighted by Gasteiger charge is -2.09. The molecule has 0 aliphatic heterocycles. The SMILES string of the molecule is CCOc1cc(/C=C/C(=O)NCc2c(C)nn(Cc3ccccc3)c2C)ccc1OC. The van der Waals surface area contributed by atoms with Crippen molar-refractivity contribution in [2.45, 2.75) is 33.9 Å². The predicted molar refractivity (Wildman–Crippen MR) is 122 cm³/mol. The second-order valence-corrected chi connectivity index (χ2v) is 7.19. The highest BCUT2D eigenvalue weighted by atomic mass is 16.5. The van der Waals surface area contributed by atoms with E-state index in [-0.39, 0.29) is 5.91 Å². The molecule has 0 radical (unpaired) electrons. The van der Waals surface area contributed by atoms with E-state index in [0.29, 0.717) is 31.2 Å². The average Bonchev–Trinajstić information content (AvgIpc) is 3.04. The number of ether oxygens (including phenoxy) is 2. The van der Waals surface area contributed by atoms with E-state index in [9.17, 15) is 4.79 Å². The molecular formula is C25H29N3O3. The molecule has 0 aliphatic carbocycles. The Morgan fingerprint density at radius 2 is 1.90 bits per heavy atom. The van der Waals surface area contributed by atoms with Crippen LogP contribution in [-0.2, 0) is 17.9 Å². The number of benzene rings is 2. The largest absolute Gasteiger partial charge is 0.493 e. The predicted octanol–water partition coefficient (Wildman–Crippen LogP) is 4.29. The Hall–Kier alpha value is -3.54. The number of aromatic nitrogens is 2. The second kappa shape index (κ2) is 10.5. The Bertz CT molecular complexity index is 1060. The van der Waals surface area contributed by atoms with Crippen LogP contribution >= 0.6 is 0 Å². The summed E-state index contributed by atoms with van der Waals surface area (Å²) in [5.74, 6) is 1.16. The zero-order valence-electron chi connectivity index (χ0n) is 18.5. The quantitative estimate of drug-likeness (QED) is 0.526. The monoisotopic (exact) mass is 419 g/mol. The maximum Gasteiger partial charge on any atom is 0.244 e. The Morgan fingerprint density at radius 3 is 2.61 bits per heavy atom. The molecule has 6 heteroatoms. The molecule has 3 rings (SSSR count). The molecule has 0 atom stereocenters. The molecule has 0 unspecified atom stereocenters. The third-order valence-electron chi connectivity index (χ3n) is 5.06. The number of nitrogens with one attached hydrogen (secondary N) is 1. The van der Waals surface area contributed by atoms with Gasteiger partial charge in [-0.05, 0) is 50.1 Å². The first kappa shape index (κ1) is 22.2. The van der Waals surface area contributed by atoms with Crippen LogP contribution in [0.4, 0.5) is 0 Å². The van der Waals surface area contributed by atoms with Crippen molar-refractivity contribution < 1.29 is 14.3 Å². The van der Waals surface area contributed by atoms with Gasteiger partial charge >= 0.3 is 0 Å². The fourth-order valence-corrected chi connectivity index (χ4v) is 3.37. The highest BCUT2D eigenvalue weighted by Gasteiger charge is 2.12. The summed E-state index contributed by atoms with van der Waals surface area (Å²) >= 11 is 0. The van der Waals surface area contributed by atoms with Gasteiger partial charge in [0.2, 0.25) is 5.91 Å². The molecule has 1 aromatic heterocycles. The lowest BCUT2D eigenvalue weighted by atomic mass is 10.1. The van der Waals surface area contributed by atoms with Crippen molar-refractivity contribution in [3.05, 3.63) is 82.7 Å². The zero-order valence-corrected chi connectivity index (χ0v) is 18.5. The van der Waals surface area contributed by atoms with Gasteiger partial charge in [-0.1, -0.05) is 36.4 Å². The Kier molecular flexibility index (Phi) is 7.49. The first-order chi connectivity index (χ1) is 15.0. The number of aryl methyl sites for hydroxylation is 1. The summed E-state index contributed by atoms with van der Waals surface area (Å²) in [6.45, 7) is 7.61. The van der Waals surface area contributed by atoms with Crippen molar-refractivity contribution in [1.82, 2.24) is 15.1 Å². The van der Waals surface area contributed by atoms with Crippen molar-refractivity contribution in [2.75, 3.05) is 13.7 Å². The summed E-state index contributed by atoms with van der Waals surface area (Å²) in [4.78, 5) is 12.4. The van der Waals surface area contributed by atoms with Gasteiger partial charge in [0.25, 0.3) is 0 Å². The van der Waals surface area contributed by atoms with E-state index in [1.165, 1.54) is 11.6 Å². The average molecular weight is 420 g/mol. The van der Waals surface area contributed by atoms with E-state index in [4.69, 9.17) is 9.47 Å². The molecular weight excluding hydrogens is 390 g/mol. The van der Waals surface area contributed by atoms with Crippen LogP contribution in [-0.4, -0.2) is 29.4 Å². The molecule has 1 N–H and O–H groups in total. The topological polar surface area (TPSA) is 65.4 Å². The fraction of sp³-hybridized carbons (Fsp3) is 0.280. The molecule has 2 aromatic carbocycles. The van der Waals surface area contributed by atoms with E-state index in [0.717, 1.165) is 22.5 Å². The van der Waals surface area contributed by atoms with Crippen LogP contribution in [0.1, 0.15) is 35.0 Å². The van der Waals surface area contributed by atoms with Crippen molar-refractivity contribution in [1.29, 1.82) is 0 Å². The van der Waals surface area contributed by atoms with Gasteiger partial charge in [0.1, 0.15) is 0 Å². The van der Waals surface area contributed by atoms with Gasteiger partial charge in [0.05, 0.1) is 26.0 Å². The summed E-state index contributed by atoms with van der Waals surface area (Å²) in [7, 11) is 1.60. The summed E-state index contributed by atoms with van der Waals surface area (Å²) < 4.78 is 12.9. The van der Waals surface area contributed by atoms with Crippen LogP contribution in [0.25, 0.3) is 6.08 Å². The van der Waals surface area contributed by atoms with E-state index in [1.807, 2.05) is 61.9 Å². The molecule has 162 valence electrons. The standard InChI is InChI=1S/C25H29N3O3/c1-5-31-24-15-20(11-13-23(24)30-4)12-14-25(29)26-16-22-18(2)27-28(19(22)3)17-21-9-7-6-8-10-21/h6-15H,5,16-17H2,1-4H3,(H,26,29)/b14-12+. The van der Waals surface area contributed by atoms with Crippen LogP contribution in [0.2, 0.25) is 0 Å². The molecule has 1 amide bonds. The van der Waals surface area contributed by atoms with Crippen LogP contribution in [0.3, 0.4) is 0 Å². The van der Waals surface area contributed by atoms with Gasteiger partial charge in [-0.3, -0.25) is 9.48 Å². The van der Waals surface area contributed by atoms with Crippen LogP contribution < -0.4 is 14.8 Å². The summed E-state index contributed by atoms with van der Waals surface area (Å²) in [5.41, 5.74) is 5.08. The molecule has 0 spiro atoms. The summed E-state index contributed by atoms with van der Waals surface area (Å²) in [6.07, 6.45) is 3.28. The number of carbonyl (C=O) groups is 1. The maximum atomic E-state index is 12.4. The number of methoxy groups -OCH3 is 1. The molecule has 0 saturated carbocycles. The lowest BCUT2D eigenvalue weighted by molar-refractivity contribution is -0.116. The first-order valence-electron chi connectivity index (χ1n) is 10.3. The zero-order chi connectivity index (χ0) is 22.2. The number of nitrogens with zero attached hydrogens (tertiary/aromatic N) is 2. The van der Waals surface area contributed by atoms with Gasteiger partial charge in [-0.15, -0.1) is 0 Å². The normalized spacial score (nSPS) is 11.0. The Labute approximate surface area is 183 Å². The minimum Gasteiger partial charge on any atom is -0.493 e. The maximum absolute atomic E-state index is 12.4. The Balaban J connectivity index is 1.63. The molecule has 0 fully saturated rings. The van der Waals surface area contributed by atoms with Crippen LogP contribution in [0, 0.1) is 13.8 Å². The summed E-state index contributed by atoms with van der Waals surface area (Å²) in [5, 5.41) is 7.60. The van der Waals surface area contributed by atoms with Gasteiger partial charge < -0.3 is 14.8 Å². The lowest BCUT2D eigenvalue weighted by Crippen LogP contribution is -2.21. The van der Waals surface area contributed by atoms with E-state index >= 15 is 0 Å². The minimum atomic E-state index is -0.164. The molecule has 0 saturated heterocycles. The smallest absolute Gasteiger partial charge is 0.244 e. The summed E-state index contributed by atoms with van der Waals surface area (Å²) in [6, 6.07) is 15.8. The van der Waals surface area contributed by atoms with Crippen molar-refractivity contribution in [2.24, 2.45) is 0 Å². The molecule has 31 heavy (non-hydrogen) atoms. The number of hydrogen-bond acceptors (Lipinski definition) is 4.